The summed E-state index contributed by atoms with van der Waals surface area (Å²) in [6.45, 7) is 15.6. The Morgan fingerprint density at radius 2 is 1.49 bits per heavy atom. The molecule has 4 saturated carbocycles. The van der Waals surface area contributed by atoms with E-state index in [-0.39, 0.29) is 33.0 Å². The van der Waals surface area contributed by atoms with E-state index in [1.54, 1.807) is 0 Å². The average molecular weight is 489 g/mol. The Hall–Kier alpha value is -0.910. The van der Waals surface area contributed by atoms with E-state index >= 15 is 0 Å². The van der Waals surface area contributed by atoms with Crippen LogP contribution >= 0.6 is 0 Å². The van der Waals surface area contributed by atoms with Gasteiger partial charge in [0.05, 0.1) is 23.7 Å². The van der Waals surface area contributed by atoms with Crippen LogP contribution in [0.5, 0.6) is 0 Å². The van der Waals surface area contributed by atoms with Crippen molar-refractivity contribution in [2.24, 2.45) is 50.2 Å². The maximum atomic E-state index is 12.8. The molecule has 5 nitrogen and oxygen atoms in total. The summed E-state index contributed by atoms with van der Waals surface area (Å²) in [6, 6.07) is 0. The molecule has 0 aliphatic heterocycles. The minimum atomic E-state index is -0.877. The molecule has 4 fully saturated rings. The van der Waals surface area contributed by atoms with Crippen molar-refractivity contribution in [2.45, 2.75) is 118 Å². The topological polar surface area (TPSA) is 98.0 Å². The van der Waals surface area contributed by atoms with Crippen molar-refractivity contribution in [1.29, 1.82) is 0 Å². The van der Waals surface area contributed by atoms with Gasteiger partial charge in [-0.3, -0.25) is 4.79 Å². The van der Waals surface area contributed by atoms with E-state index in [1.165, 1.54) is 5.57 Å². The molecule has 0 saturated heterocycles. The Kier molecular flexibility index (Phi) is 5.40. The highest BCUT2D eigenvalue weighted by Crippen LogP contribution is 2.75. The molecule has 5 aliphatic rings. The monoisotopic (exact) mass is 488 g/mol. The second-order valence-corrected chi connectivity index (χ2v) is 15.2. The van der Waals surface area contributed by atoms with Gasteiger partial charge in [-0.05, 0) is 90.3 Å². The van der Waals surface area contributed by atoms with Crippen LogP contribution in [0.2, 0.25) is 0 Å². The molecule has 4 N–H and O–H groups in total. The van der Waals surface area contributed by atoms with Gasteiger partial charge in [-0.1, -0.05) is 60.1 Å². The number of hydrogen-bond acceptors (Lipinski definition) is 4. The van der Waals surface area contributed by atoms with Gasteiger partial charge in [0.2, 0.25) is 0 Å². The molecule has 0 bridgehead atoms. The first kappa shape index (κ1) is 25.7. The number of allylic oxidation sites excluding steroid dienone is 1. The summed E-state index contributed by atoms with van der Waals surface area (Å²) >= 11 is 0. The van der Waals surface area contributed by atoms with Gasteiger partial charge in [0.1, 0.15) is 0 Å². The third-order valence-corrected chi connectivity index (χ3v) is 13.2. The molecular weight excluding hydrogens is 440 g/mol. The summed E-state index contributed by atoms with van der Waals surface area (Å²) in [4.78, 5) is 12.8. The van der Waals surface area contributed by atoms with Gasteiger partial charge in [-0.15, -0.1) is 0 Å². The van der Waals surface area contributed by atoms with Gasteiger partial charge in [-0.25, -0.2) is 0 Å². The van der Waals surface area contributed by atoms with Crippen LogP contribution in [-0.2, 0) is 4.79 Å². The lowest BCUT2D eigenvalue weighted by Gasteiger charge is -2.71. The highest BCUT2D eigenvalue weighted by molar-refractivity contribution is 5.77. The van der Waals surface area contributed by atoms with E-state index in [9.17, 15) is 25.2 Å². The SMILES string of the molecule is CC1(C)CC[C@]2(C(=O)O)CC[C@]3(C)C(=CC[C@@H]4[C@@]5(C)C[C@@H](O)[C@H](O)C(C)(C)[C@@H]5CC[C@]43C)[C@@H]2[C@H]1O. The number of fused-ring (bicyclic) bond motifs is 7. The second-order valence-electron chi connectivity index (χ2n) is 15.2. The molecule has 0 amide bonds. The van der Waals surface area contributed by atoms with Crippen LogP contribution in [-0.4, -0.2) is 44.7 Å². The highest BCUT2D eigenvalue weighted by Gasteiger charge is 2.71. The summed E-state index contributed by atoms with van der Waals surface area (Å²) in [6.07, 6.45) is 6.54. The van der Waals surface area contributed by atoms with Crippen LogP contribution in [0.4, 0.5) is 0 Å². The van der Waals surface area contributed by atoms with Crippen LogP contribution in [0.3, 0.4) is 0 Å². The third kappa shape index (κ3) is 2.95. The summed E-state index contributed by atoms with van der Waals surface area (Å²) < 4.78 is 0. The number of carboxylic acids is 1. The molecule has 198 valence electrons. The molecular formula is C30H48O5. The quantitative estimate of drug-likeness (QED) is 0.382. The number of aliphatic hydroxyl groups excluding tert-OH is 3. The summed E-state index contributed by atoms with van der Waals surface area (Å²) in [7, 11) is 0. The summed E-state index contributed by atoms with van der Waals surface area (Å²) in [5, 5.41) is 44.1. The molecule has 0 radical (unpaired) electrons. The normalized spacial score (nSPS) is 54.4. The molecule has 0 aromatic rings. The number of aliphatic hydroxyl groups is 3. The lowest BCUT2D eigenvalue weighted by atomic mass is 9.33. The first-order valence-corrected chi connectivity index (χ1v) is 14.0. The maximum Gasteiger partial charge on any atom is 0.310 e. The minimum absolute atomic E-state index is 0.0492. The Bertz CT molecular complexity index is 952. The molecule has 5 aliphatic carbocycles. The second kappa shape index (κ2) is 7.35. The Morgan fingerprint density at radius 1 is 0.857 bits per heavy atom. The molecule has 0 aromatic heterocycles. The molecule has 35 heavy (non-hydrogen) atoms. The fraction of sp³-hybridized carbons (Fsp3) is 0.900. The molecule has 0 spiro atoms. The fourth-order valence-electron chi connectivity index (χ4n) is 10.7. The van der Waals surface area contributed by atoms with Crippen molar-refractivity contribution in [1.82, 2.24) is 0 Å². The minimum Gasteiger partial charge on any atom is -0.481 e. The first-order chi connectivity index (χ1) is 16.0. The van der Waals surface area contributed by atoms with E-state index in [2.05, 4.69) is 54.5 Å². The zero-order valence-corrected chi connectivity index (χ0v) is 22.9. The van der Waals surface area contributed by atoms with E-state index < -0.39 is 29.7 Å². The fourth-order valence-corrected chi connectivity index (χ4v) is 10.7. The van der Waals surface area contributed by atoms with Gasteiger partial charge in [0, 0.05) is 5.92 Å². The zero-order valence-electron chi connectivity index (χ0n) is 22.9. The van der Waals surface area contributed by atoms with Gasteiger partial charge < -0.3 is 20.4 Å². The zero-order chi connectivity index (χ0) is 26.0. The van der Waals surface area contributed by atoms with Crippen molar-refractivity contribution in [2.75, 3.05) is 0 Å². The number of hydrogen-bond donors (Lipinski definition) is 4. The average Bonchev–Trinajstić information content (AvgIpc) is 2.75. The van der Waals surface area contributed by atoms with Crippen molar-refractivity contribution in [3.8, 4) is 0 Å². The Labute approximate surface area is 211 Å². The van der Waals surface area contributed by atoms with Crippen LogP contribution in [0, 0.1) is 50.2 Å². The number of carboxylic acid groups (broad SMARTS) is 1. The summed E-state index contributed by atoms with van der Waals surface area (Å²) in [5.74, 6) is -0.420. The van der Waals surface area contributed by atoms with E-state index in [0.29, 0.717) is 31.1 Å². The molecule has 5 rings (SSSR count). The summed E-state index contributed by atoms with van der Waals surface area (Å²) in [5.41, 5.74) is -0.684. The van der Waals surface area contributed by atoms with Gasteiger partial charge in [0.15, 0.2) is 0 Å². The molecule has 10 atom stereocenters. The van der Waals surface area contributed by atoms with Crippen molar-refractivity contribution >= 4 is 5.97 Å². The van der Waals surface area contributed by atoms with Crippen molar-refractivity contribution < 1.29 is 25.2 Å². The third-order valence-electron chi connectivity index (χ3n) is 13.2. The molecule has 0 unspecified atom stereocenters. The van der Waals surface area contributed by atoms with Gasteiger partial charge >= 0.3 is 5.97 Å². The molecule has 5 heteroatoms. The number of aliphatic carboxylic acids is 1. The smallest absolute Gasteiger partial charge is 0.310 e. The van der Waals surface area contributed by atoms with Crippen LogP contribution < -0.4 is 0 Å². The van der Waals surface area contributed by atoms with Crippen molar-refractivity contribution in [3.05, 3.63) is 11.6 Å². The Morgan fingerprint density at radius 3 is 2.11 bits per heavy atom. The van der Waals surface area contributed by atoms with Gasteiger partial charge in [-0.2, -0.15) is 0 Å². The molecule has 0 aromatic carbocycles. The molecule has 0 heterocycles. The standard InChI is InChI=1S/C30H48O5/c1-25(2)12-14-30(24(34)35)15-13-28(6)17(21(30)23(25)33)8-9-20-27(5)16-18(31)22(32)26(3,4)19(27)10-11-29(20,28)7/h8,18-23,31-33H,9-16H2,1-7H3,(H,34,35)/t18-,19+,20-,21-,22+,23-,27+,28-,29-,30+/m1/s1. The van der Waals surface area contributed by atoms with E-state index in [4.69, 9.17) is 0 Å². The number of carbonyl (C=O) groups is 1. The van der Waals surface area contributed by atoms with E-state index in [1.807, 2.05) is 0 Å². The lowest BCUT2D eigenvalue weighted by molar-refractivity contribution is -0.234. The van der Waals surface area contributed by atoms with Crippen LogP contribution in [0.25, 0.3) is 0 Å². The number of rotatable bonds is 1. The predicted molar refractivity (Wildman–Crippen MR) is 135 cm³/mol. The van der Waals surface area contributed by atoms with Crippen LogP contribution in [0.1, 0.15) is 99.8 Å². The predicted octanol–water partition coefficient (Wildman–Crippen LogP) is 5.18. The maximum absolute atomic E-state index is 12.8. The Balaban J connectivity index is 1.63. The van der Waals surface area contributed by atoms with E-state index in [0.717, 1.165) is 32.1 Å². The van der Waals surface area contributed by atoms with Crippen LogP contribution in [0.15, 0.2) is 11.6 Å². The highest BCUT2D eigenvalue weighted by atomic mass is 16.4. The lowest BCUT2D eigenvalue weighted by Crippen LogP contribution is -2.68. The van der Waals surface area contributed by atoms with Crippen molar-refractivity contribution in [3.63, 3.8) is 0 Å². The first-order valence-electron chi connectivity index (χ1n) is 14.0. The van der Waals surface area contributed by atoms with Gasteiger partial charge in [0.25, 0.3) is 0 Å². The largest absolute Gasteiger partial charge is 0.481 e.